The lowest BCUT2D eigenvalue weighted by molar-refractivity contribution is -0.772. The zero-order valence-electron chi connectivity index (χ0n) is 25.9. The number of ether oxygens (including phenoxy) is 1. The number of thiazole rings is 1. The number of carboxylic acid groups (broad SMARTS) is 1. The Balaban J connectivity index is 1.49. The zero-order valence-corrected chi connectivity index (χ0v) is 27.5. The number of carbonyl (C=O) groups is 3. The van der Waals surface area contributed by atoms with Crippen LogP contribution in [0, 0.1) is 11.7 Å². The number of aliphatic carboxylic acids is 1. The molecular formula is C27H33FN8O10S2. The Labute approximate surface area is 277 Å². The number of carboxylic acids is 1. The van der Waals surface area contributed by atoms with Gasteiger partial charge in [-0.3, -0.25) is 9.59 Å². The number of hydroxylamine groups is 2. The lowest BCUT2D eigenvalue weighted by atomic mass is 9.74. The molecule has 21 heteroatoms. The molecule has 1 aliphatic rings. The summed E-state index contributed by atoms with van der Waals surface area (Å²) >= 11 is 0.940. The first-order valence-electron chi connectivity index (χ1n) is 14.1. The molecule has 1 aliphatic heterocycles. The first-order valence-corrected chi connectivity index (χ1v) is 16.3. The number of oxime groups is 1. The number of nitrogens with two attached hydrogens (primary N) is 3. The summed E-state index contributed by atoms with van der Waals surface area (Å²) in [5.74, 6) is -4.91. The fourth-order valence-electron chi connectivity index (χ4n) is 4.81. The topological polar surface area (TPSA) is 272 Å². The van der Waals surface area contributed by atoms with Gasteiger partial charge in [0.1, 0.15) is 23.9 Å². The number of β-lactam (4-membered cyclic amide) rings is 1. The third kappa shape index (κ3) is 7.87. The zero-order chi connectivity index (χ0) is 35.6. The molecule has 1 saturated heterocycles. The molecule has 18 nitrogen and oxygen atoms in total. The maximum Gasteiger partial charge on any atom is 0.351 e. The molecule has 1 aromatic carbocycles. The van der Waals surface area contributed by atoms with Crippen LogP contribution in [0.25, 0.3) is 11.1 Å². The van der Waals surface area contributed by atoms with Crippen molar-refractivity contribution in [1.29, 1.82) is 0 Å². The number of hydrogen-bond donors (Lipinski definition) is 4. The van der Waals surface area contributed by atoms with E-state index in [1.54, 1.807) is 22.6 Å². The highest BCUT2D eigenvalue weighted by Gasteiger charge is 2.57. The number of nitrogens with zero attached hydrogens (tertiary/aromatic N) is 5. The molecule has 1 unspecified atom stereocenters. The van der Waals surface area contributed by atoms with Crippen molar-refractivity contribution in [2.45, 2.75) is 44.9 Å². The molecule has 2 aromatic heterocycles. The number of aromatic nitrogens is 3. The Morgan fingerprint density at radius 2 is 2.00 bits per heavy atom. The Kier molecular flexibility index (Phi) is 10.7. The molecule has 0 aliphatic carbocycles. The summed E-state index contributed by atoms with van der Waals surface area (Å²) in [6, 6.07) is 3.88. The summed E-state index contributed by atoms with van der Waals surface area (Å²) in [5, 5.41) is 15.2. The van der Waals surface area contributed by atoms with Crippen LogP contribution < -0.4 is 26.6 Å². The number of ketones is 1. The average Bonchev–Trinajstić information content (AvgIpc) is 3.56. The minimum Gasteiger partial charge on any atom is -0.724 e. The molecule has 3 heterocycles. The lowest BCUT2D eigenvalue weighted by Crippen LogP contribution is -2.68. The van der Waals surface area contributed by atoms with E-state index in [0.29, 0.717) is 36.0 Å². The summed E-state index contributed by atoms with van der Waals surface area (Å²) in [4.78, 5) is 47.0. The minimum atomic E-state index is -5.27. The van der Waals surface area contributed by atoms with Crippen LogP contribution in [0.2, 0.25) is 0 Å². The summed E-state index contributed by atoms with van der Waals surface area (Å²) in [6.07, 6.45) is 0.00738. The molecular weight excluding hydrogens is 679 g/mol. The normalized spacial score (nSPS) is 16.8. The molecule has 48 heavy (non-hydrogen) atoms. The number of aryl methyl sites for hydroxylation is 1. The molecule has 1 amide bonds. The van der Waals surface area contributed by atoms with Crippen LogP contribution in [0.4, 0.5) is 15.3 Å². The van der Waals surface area contributed by atoms with Crippen LogP contribution in [0.1, 0.15) is 32.4 Å². The first-order chi connectivity index (χ1) is 22.4. The van der Waals surface area contributed by atoms with E-state index in [9.17, 15) is 32.5 Å². The third-order valence-electron chi connectivity index (χ3n) is 7.52. The Hall–Kier alpha value is -4.70. The number of Topliss-reactive ketones (excluding diaryl/α,β-unsaturated/α-hetero) is 1. The Morgan fingerprint density at radius 3 is 2.56 bits per heavy atom. The van der Waals surface area contributed by atoms with Crippen LogP contribution in [-0.4, -0.2) is 81.0 Å². The van der Waals surface area contributed by atoms with Gasteiger partial charge in [-0.1, -0.05) is 5.16 Å². The van der Waals surface area contributed by atoms with Gasteiger partial charge in [-0.2, -0.15) is 9.35 Å². The summed E-state index contributed by atoms with van der Waals surface area (Å²) < 4.78 is 61.3. The minimum absolute atomic E-state index is 0.0389. The SMILES string of the molecule is Cn1c(N)c(-c2ccc(OC[C@H](O/N=C(\C(=O)CC3C(=O)N(OS(=O)(=O)[O-])C3(C)C)c3csc(N)n3)C(=O)O)cc2F)c[n+]1CCCN. The van der Waals surface area contributed by atoms with E-state index in [0.717, 1.165) is 17.4 Å². The third-order valence-corrected chi connectivity index (χ3v) is 8.52. The number of halogens is 1. The molecule has 0 radical (unpaired) electrons. The molecule has 0 bridgehead atoms. The molecule has 3 aromatic rings. The number of hydrogen-bond acceptors (Lipinski definition) is 15. The molecule has 0 spiro atoms. The van der Waals surface area contributed by atoms with Gasteiger partial charge in [0, 0.05) is 29.9 Å². The maximum atomic E-state index is 15.2. The van der Waals surface area contributed by atoms with E-state index in [-0.39, 0.29) is 22.1 Å². The fourth-order valence-corrected chi connectivity index (χ4v) is 5.81. The number of carbonyl (C=O) groups excluding carboxylic acids is 2. The number of rotatable bonds is 16. The molecule has 7 N–H and O–H groups in total. The number of anilines is 2. The fraction of sp³-hybridized carbons (Fsp3) is 0.407. The second-order valence-corrected chi connectivity index (χ2v) is 13.0. The number of amides is 1. The van der Waals surface area contributed by atoms with Gasteiger partial charge in [0.25, 0.3) is 12.0 Å². The highest BCUT2D eigenvalue weighted by atomic mass is 32.3. The van der Waals surface area contributed by atoms with Crippen molar-refractivity contribution in [3.05, 3.63) is 41.3 Å². The van der Waals surface area contributed by atoms with Crippen LogP contribution in [0.5, 0.6) is 5.75 Å². The summed E-state index contributed by atoms with van der Waals surface area (Å²) in [7, 11) is -3.54. The number of benzene rings is 1. The Bertz CT molecular complexity index is 1860. The second-order valence-electron chi connectivity index (χ2n) is 11.1. The molecule has 0 saturated carbocycles. The highest BCUT2D eigenvalue weighted by Crippen LogP contribution is 2.40. The predicted octanol–water partition coefficient (Wildman–Crippen LogP) is -0.0707. The highest BCUT2D eigenvalue weighted by molar-refractivity contribution is 7.80. The van der Waals surface area contributed by atoms with Gasteiger partial charge in [0.15, 0.2) is 29.0 Å². The predicted molar refractivity (Wildman–Crippen MR) is 165 cm³/mol. The van der Waals surface area contributed by atoms with Crippen molar-refractivity contribution in [2.75, 3.05) is 24.6 Å². The van der Waals surface area contributed by atoms with Crippen molar-refractivity contribution in [3.63, 3.8) is 0 Å². The number of nitrogen functional groups attached to an aromatic ring is 2. The quantitative estimate of drug-likeness (QED) is 0.0378. The van der Waals surface area contributed by atoms with E-state index in [1.807, 2.05) is 0 Å². The van der Waals surface area contributed by atoms with Crippen molar-refractivity contribution < 1.29 is 55.4 Å². The van der Waals surface area contributed by atoms with Gasteiger partial charge < -0.3 is 36.4 Å². The second kappa shape index (κ2) is 14.2. The monoisotopic (exact) mass is 712 g/mol. The van der Waals surface area contributed by atoms with E-state index in [4.69, 9.17) is 26.8 Å². The first kappa shape index (κ1) is 36.1. The van der Waals surface area contributed by atoms with Crippen molar-refractivity contribution >= 4 is 56.1 Å². The molecule has 1 fully saturated rings. The van der Waals surface area contributed by atoms with Gasteiger partial charge in [-0.25, -0.2) is 22.6 Å². The van der Waals surface area contributed by atoms with E-state index >= 15 is 4.39 Å². The van der Waals surface area contributed by atoms with Crippen LogP contribution in [-0.2, 0) is 47.5 Å². The van der Waals surface area contributed by atoms with Gasteiger partial charge in [-0.15, -0.1) is 20.7 Å². The standard InChI is InChI=1S/C27H33FN8O10S2/c1-27(2)17(24(38)36(27)46-48(41,42)43)10-20(37)22(19-13-47-26(31)32-19)33-45-21(25(39)40)12-44-14-5-6-15(18(28)9-14)16-11-35(8-4-7-29)34(3)23(16)30/h5-6,9,11,13,17,21,30H,4,7-8,10,12,29H2,1-3H3,(H4,31,32,39,40,41,42,43)/b33-22-/t17?,21-/m0/s1. The molecule has 2 atom stereocenters. The largest absolute Gasteiger partial charge is 0.724 e. The molecule has 260 valence electrons. The maximum absolute atomic E-state index is 15.2. The van der Waals surface area contributed by atoms with Crippen LogP contribution in [0.15, 0.2) is 34.9 Å². The average molecular weight is 713 g/mol. The summed E-state index contributed by atoms with van der Waals surface area (Å²) in [6.45, 7) is 3.10. The van der Waals surface area contributed by atoms with Gasteiger partial charge in [-0.05, 0) is 32.5 Å². The van der Waals surface area contributed by atoms with Crippen LogP contribution >= 0.6 is 11.3 Å². The van der Waals surface area contributed by atoms with Crippen molar-refractivity contribution in [2.24, 2.45) is 23.9 Å². The van der Waals surface area contributed by atoms with Crippen LogP contribution in [0.3, 0.4) is 0 Å². The van der Waals surface area contributed by atoms with E-state index in [1.165, 1.54) is 31.4 Å². The van der Waals surface area contributed by atoms with E-state index < -0.39 is 70.2 Å². The van der Waals surface area contributed by atoms with E-state index in [2.05, 4.69) is 14.4 Å². The summed E-state index contributed by atoms with van der Waals surface area (Å²) in [5.41, 5.74) is 16.1. The van der Waals surface area contributed by atoms with Gasteiger partial charge >= 0.3 is 5.97 Å². The van der Waals surface area contributed by atoms with Gasteiger partial charge in [0.2, 0.25) is 16.6 Å². The van der Waals surface area contributed by atoms with Gasteiger partial charge in [0.05, 0.1) is 24.1 Å². The van der Waals surface area contributed by atoms with Crippen molar-refractivity contribution in [3.8, 4) is 16.9 Å². The lowest BCUT2D eigenvalue weighted by Gasteiger charge is -2.51. The van der Waals surface area contributed by atoms with Crippen molar-refractivity contribution in [1.82, 2.24) is 14.7 Å². The smallest absolute Gasteiger partial charge is 0.351 e. The molecule has 4 rings (SSSR count). The Morgan fingerprint density at radius 1 is 1.29 bits per heavy atom.